The number of carbonyl (C=O) groups excluding carboxylic acids is 2. The number of aliphatic hydroxyl groups is 1. The number of esters is 2. The van der Waals surface area contributed by atoms with Gasteiger partial charge in [-0.05, 0) is 31.6 Å². The van der Waals surface area contributed by atoms with Gasteiger partial charge in [-0.3, -0.25) is 9.59 Å². The molecule has 0 saturated heterocycles. The Balaban J connectivity index is 3.49. The van der Waals surface area contributed by atoms with Crippen LogP contribution in [-0.2, 0) is 19.1 Å². The first kappa shape index (κ1) is 41.9. The molecular weight excluding hydrogens is 536 g/mol. The van der Waals surface area contributed by atoms with Crippen molar-refractivity contribution < 1.29 is 24.2 Å². The first-order valence-corrected chi connectivity index (χ1v) is 19.1. The molecule has 256 valence electrons. The minimum absolute atomic E-state index is 0.00622. The molecular formula is C38H74O5. The van der Waals surface area contributed by atoms with E-state index in [1.54, 1.807) is 0 Å². The lowest BCUT2D eigenvalue weighted by atomic mass is 10.0. The smallest absolute Gasteiger partial charge is 0.305 e. The van der Waals surface area contributed by atoms with Crippen LogP contribution >= 0.6 is 0 Å². The summed E-state index contributed by atoms with van der Waals surface area (Å²) in [5.74, 6) is -0.277. The van der Waals surface area contributed by atoms with Gasteiger partial charge >= 0.3 is 11.9 Å². The van der Waals surface area contributed by atoms with Crippen molar-refractivity contribution in [1.82, 2.24) is 0 Å². The van der Waals surface area contributed by atoms with Crippen LogP contribution in [0.5, 0.6) is 0 Å². The molecule has 1 N–H and O–H groups in total. The third-order valence-electron chi connectivity index (χ3n) is 8.81. The van der Waals surface area contributed by atoms with Gasteiger partial charge in [-0.25, -0.2) is 0 Å². The second-order valence-corrected chi connectivity index (χ2v) is 13.1. The van der Waals surface area contributed by atoms with Crippen molar-refractivity contribution in [1.29, 1.82) is 0 Å². The Morgan fingerprint density at radius 3 is 0.953 bits per heavy atom. The standard InChI is InChI=1S/C38H74O5/c1-3-5-7-9-11-13-15-17-19-21-23-25-27-29-37(40)42-33-31-36(35-39)32-34-43-38(41)30-28-26-24-22-20-18-16-14-12-10-8-6-4-2/h36,39H,3-35H2,1-2H3. The maximum absolute atomic E-state index is 12.0. The lowest BCUT2D eigenvalue weighted by Crippen LogP contribution is -2.16. The van der Waals surface area contributed by atoms with E-state index in [-0.39, 0.29) is 24.5 Å². The lowest BCUT2D eigenvalue weighted by molar-refractivity contribution is -0.144. The summed E-state index contributed by atoms with van der Waals surface area (Å²) in [5.41, 5.74) is 0. The van der Waals surface area contributed by atoms with E-state index in [1.165, 1.54) is 141 Å². The average molecular weight is 611 g/mol. The molecule has 0 rings (SSSR count). The van der Waals surface area contributed by atoms with E-state index in [9.17, 15) is 14.7 Å². The molecule has 0 amide bonds. The molecule has 0 saturated carbocycles. The number of ether oxygens (including phenoxy) is 2. The molecule has 5 nitrogen and oxygen atoms in total. The number of hydrogen-bond donors (Lipinski definition) is 1. The highest BCUT2D eigenvalue weighted by Crippen LogP contribution is 2.15. The summed E-state index contributed by atoms with van der Waals surface area (Å²) in [6.07, 6.45) is 35.8. The van der Waals surface area contributed by atoms with Gasteiger partial charge in [-0.15, -0.1) is 0 Å². The number of rotatable bonds is 35. The second-order valence-electron chi connectivity index (χ2n) is 13.1. The zero-order valence-electron chi connectivity index (χ0n) is 29.0. The molecule has 0 aromatic rings. The summed E-state index contributed by atoms with van der Waals surface area (Å²) >= 11 is 0. The van der Waals surface area contributed by atoms with Crippen LogP contribution in [0.4, 0.5) is 0 Å². The fraction of sp³-hybridized carbons (Fsp3) is 0.947. The Morgan fingerprint density at radius 2 is 0.698 bits per heavy atom. The first-order valence-electron chi connectivity index (χ1n) is 19.1. The van der Waals surface area contributed by atoms with Crippen LogP contribution in [0.3, 0.4) is 0 Å². The number of aliphatic hydroxyl groups excluding tert-OH is 1. The molecule has 0 atom stereocenters. The van der Waals surface area contributed by atoms with Crippen LogP contribution in [0.2, 0.25) is 0 Å². The normalized spacial score (nSPS) is 11.3. The van der Waals surface area contributed by atoms with Crippen LogP contribution in [0.1, 0.15) is 206 Å². The van der Waals surface area contributed by atoms with Crippen LogP contribution in [0.25, 0.3) is 0 Å². The molecule has 0 aliphatic carbocycles. The van der Waals surface area contributed by atoms with Crippen molar-refractivity contribution in [3.05, 3.63) is 0 Å². The third kappa shape index (κ3) is 33.6. The molecule has 43 heavy (non-hydrogen) atoms. The Morgan fingerprint density at radius 1 is 0.442 bits per heavy atom. The van der Waals surface area contributed by atoms with Gasteiger partial charge in [0.25, 0.3) is 0 Å². The van der Waals surface area contributed by atoms with Gasteiger partial charge in [0.15, 0.2) is 0 Å². The van der Waals surface area contributed by atoms with Gasteiger partial charge in [0.1, 0.15) is 0 Å². The Kier molecular flexibility index (Phi) is 34.5. The van der Waals surface area contributed by atoms with Crippen molar-refractivity contribution in [3.63, 3.8) is 0 Å². The fourth-order valence-corrected chi connectivity index (χ4v) is 5.72. The Bertz CT molecular complexity index is 531. The molecule has 5 heteroatoms. The molecule has 0 aromatic heterocycles. The van der Waals surface area contributed by atoms with Crippen molar-refractivity contribution in [2.24, 2.45) is 5.92 Å². The number of unbranched alkanes of at least 4 members (excludes halogenated alkanes) is 24. The highest BCUT2D eigenvalue weighted by atomic mass is 16.5. The second kappa shape index (κ2) is 35.4. The third-order valence-corrected chi connectivity index (χ3v) is 8.81. The van der Waals surface area contributed by atoms with Crippen molar-refractivity contribution in [2.45, 2.75) is 206 Å². The van der Waals surface area contributed by atoms with Crippen LogP contribution in [-0.4, -0.2) is 36.9 Å². The van der Waals surface area contributed by atoms with Gasteiger partial charge in [-0.1, -0.05) is 168 Å². The van der Waals surface area contributed by atoms with Gasteiger partial charge in [-0.2, -0.15) is 0 Å². The van der Waals surface area contributed by atoms with E-state index in [4.69, 9.17) is 9.47 Å². The molecule has 0 aliphatic heterocycles. The van der Waals surface area contributed by atoms with Crippen molar-refractivity contribution >= 4 is 11.9 Å². The van der Waals surface area contributed by atoms with E-state index in [0.29, 0.717) is 38.9 Å². The molecule has 0 radical (unpaired) electrons. The Hall–Kier alpha value is -1.10. The van der Waals surface area contributed by atoms with E-state index < -0.39 is 0 Å². The zero-order chi connectivity index (χ0) is 31.5. The average Bonchev–Trinajstić information content (AvgIpc) is 3.01. The molecule has 0 bridgehead atoms. The first-order chi connectivity index (χ1) is 21.1. The summed E-state index contributed by atoms with van der Waals surface area (Å²) in [7, 11) is 0. The summed E-state index contributed by atoms with van der Waals surface area (Å²) in [6, 6.07) is 0. The minimum Gasteiger partial charge on any atom is -0.466 e. The molecule has 0 aromatic carbocycles. The monoisotopic (exact) mass is 611 g/mol. The van der Waals surface area contributed by atoms with Gasteiger partial charge in [0.2, 0.25) is 0 Å². The predicted octanol–water partition coefficient (Wildman–Crippen LogP) is 11.4. The molecule has 0 spiro atoms. The quantitative estimate of drug-likeness (QED) is 0.0571. The van der Waals surface area contributed by atoms with Crippen LogP contribution < -0.4 is 0 Å². The topological polar surface area (TPSA) is 72.8 Å². The van der Waals surface area contributed by atoms with Gasteiger partial charge in [0.05, 0.1) is 13.2 Å². The zero-order valence-corrected chi connectivity index (χ0v) is 29.0. The summed E-state index contributed by atoms with van der Waals surface area (Å²) in [4.78, 5) is 24.1. The van der Waals surface area contributed by atoms with E-state index in [0.717, 1.165) is 25.7 Å². The van der Waals surface area contributed by atoms with E-state index in [2.05, 4.69) is 13.8 Å². The highest BCUT2D eigenvalue weighted by Gasteiger charge is 2.11. The predicted molar refractivity (Wildman–Crippen MR) is 182 cm³/mol. The van der Waals surface area contributed by atoms with Crippen molar-refractivity contribution in [2.75, 3.05) is 19.8 Å². The molecule has 0 fully saturated rings. The molecule has 0 unspecified atom stereocenters. The summed E-state index contributed by atoms with van der Waals surface area (Å²) < 4.78 is 10.8. The number of hydrogen-bond acceptors (Lipinski definition) is 5. The number of carbonyl (C=O) groups is 2. The minimum atomic E-state index is -0.135. The van der Waals surface area contributed by atoms with Crippen LogP contribution in [0, 0.1) is 5.92 Å². The summed E-state index contributed by atoms with van der Waals surface area (Å²) in [5, 5.41) is 9.65. The Labute approximate surface area is 268 Å². The maximum atomic E-state index is 12.0. The van der Waals surface area contributed by atoms with E-state index in [1.807, 2.05) is 0 Å². The molecule has 0 aliphatic rings. The molecule has 0 heterocycles. The summed E-state index contributed by atoms with van der Waals surface area (Å²) in [6.45, 7) is 5.21. The SMILES string of the molecule is CCCCCCCCCCCCCCCC(=O)OCCC(CO)CCOC(=O)CCCCCCCCCCCCCCC. The van der Waals surface area contributed by atoms with Gasteiger partial charge in [0, 0.05) is 19.4 Å². The van der Waals surface area contributed by atoms with Gasteiger partial charge < -0.3 is 14.6 Å². The van der Waals surface area contributed by atoms with E-state index >= 15 is 0 Å². The van der Waals surface area contributed by atoms with Crippen LogP contribution in [0.15, 0.2) is 0 Å². The fourth-order valence-electron chi connectivity index (χ4n) is 5.72. The lowest BCUT2D eigenvalue weighted by Gasteiger charge is -2.14. The van der Waals surface area contributed by atoms with Crippen molar-refractivity contribution in [3.8, 4) is 0 Å². The highest BCUT2D eigenvalue weighted by molar-refractivity contribution is 5.69. The largest absolute Gasteiger partial charge is 0.466 e. The maximum Gasteiger partial charge on any atom is 0.305 e.